The smallest absolute Gasteiger partial charge is 0.254 e. The Bertz CT molecular complexity index is 896. The van der Waals surface area contributed by atoms with E-state index in [4.69, 9.17) is 5.73 Å². The van der Waals surface area contributed by atoms with E-state index >= 15 is 0 Å². The van der Waals surface area contributed by atoms with Crippen molar-refractivity contribution in [3.8, 4) is 0 Å². The Balaban J connectivity index is 1.88. The average molecular weight is 343 g/mol. The normalized spacial score (nSPS) is 13.8. The number of aryl methyl sites for hydroxylation is 2. The number of nitrogens with zero attached hydrogens (tertiary/aromatic N) is 4. The molecule has 2 aromatic heterocycles. The number of fused-ring (bicyclic) bond motifs is 1. The van der Waals surface area contributed by atoms with Crippen LogP contribution in [0.25, 0.3) is 5.78 Å². The molecule has 3 N–H and O–H groups in total. The molecule has 0 aliphatic carbocycles. The molecule has 24 heavy (non-hydrogen) atoms. The molecule has 0 unspecified atom stereocenters. The Morgan fingerprint density at radius 2 is 2.00 bits per heavy atom. The molecule has 0 saturated heterocycles. The zero-order valence-electron chi connectivity index (χ0n) is 13.3. The predicted molar refractivity (Wildman–Crippen MR) is 90.5 cm³/mol. The van der Waals surface area contributed by atoms with E-state index in [9.17, 15) is 9.90 Å². The molecule has 0 spiro atoms. The molecule has 0 aliphatic heterocycles. The molecule has 0 saturated carbocycles. The third kappa shape index (κ3) is 2.98. The van der Waals surface area contributed by atoms with Crippen LogP contribution in [0.5, 0.6) is 0 Å². The van der Waals surface area contributed by atoms with Gasteiger partial charge in [-0.1, -0.05) is 42.1 Å². The van der Waals surface area contributed by atoms with E-state index in [0.717, 1.165) is 23.1 Å². The van der Waals surface area contributed by atoms with E-state index < -0.39 is 11.5 Å². The molecule has 1 amide bonds. The van der Waals surface area contributed by atoms with Gasteiger partial charge in [0.25, 0.3) is 11.7 Å². The summed E-state index contributed by atoms with van der Waals surface area (Å²) in [5.74, 6) is -0.311. The van der Waals surface area contributed by atoms with E-state index in [1.807, 2.05) is 19.9 Å². The molecule has 2 heterocycles. The summed E-state index contributed by atoms with van der Waals surface area (Å²) in [6.45, 7) is 3.80. The van der Waals surface area contributed by atoms with Crippen LogP contribution in [0.3, 0.4) is 0 Å². The van der Waals surface area contributed by atoms with Gasteiger partial charge in [-0.05, 0) is 25.5 Å². The van der Waals surface area contributed by atoms with E-state index in [1.54, 1.807) is 34.8 Å². The van der Waals surface area contributed by atoms with Crippen molar-refractivity contribution in [2.45, 2.75) is 24.6 Å². The number of carbonyl (C=O) groups is 1. The summed E-state index contributed by atoms with van der Waals surface area (Å²) in [4.78, 5) is 20.5. The lowest BCUT2D eigenvalue weighted by Gasteiger charge is -2.24. The van der Waals surface area contributed by atoms with Crippen molar-refractivity contribution >= 4 is 23.4 Å². The van der Waals surface area contributed by atoms with Gasteiger partial charge >= 0.3 is 0 Å². The van der Waals surface area contributed by atoms with Gasteiger partial charge in [0, 0.05) is 17.1 Å². The SMILES string of the molecule is Cc1cc(C)n2nc(SC[C@](O)(C(N)=O)c3ccccc3)nc2n1. The molecule has 8 heteroatoms. The summed E-state index contributed by atoms with van der Waals surface area (Å²) >= 11 is 1.16. The lowest BCUT2D eigenvalue weighted by atomic mass is 9.95. The number of hydrogen-bond donors (Lipinski definition) is 2. The predicted octanol–water partition coefficient (Wildman–Crippen LogP) is 1.21. The van der Waals surface area contributed by atoms with Gasteiger partial charge in [0.15, 0.2) is 5.60 Å². The molecule has 1 atom stereocenters. The van der Waals surface area contributed by atoms with Gasteiger partial charge in [0.1, 0.15) is 0 Å². The minimum atomic E-state index is -1.79. The van der Waals surface area contributed by atoms with Gasteiger partial charge in [0.05, 0.1) is 0 Å². The Labute approximate surface area is 142 Å². The van der Waals surface area contributed by atoms with Gasteiger partial charge < -0.3 is 10.8 Å². The molecule has 1 aromatic carbocycles. The Morgan fingerprint density at radius 1 is 1.29 bits per heavy atom. The third-order valence-corrected chi connectivity index (χ3v) is 4.66. The average Bonchev–Trinajstić information content (AvgIpc) is 2.96. The molecule has 0 fully saturated rings. The molecule has 0 bridgehead atoms. The number of amides is 1. The van der Waals surface area contributed by atoms with Crippen molar-refractivity contribution in [3.63, 3.8) is 0 Å². The minimum Gasteiger partial charge on any atom is -0.375 e. The number of rotatable bonds is 5. The number of nitrogens with two attached hydrogens (primary N) is 1. The van der Waals surface area contributed by atoms with Gasteiger partial charge in [-0.3, -0.25) is 4.79 Å². The van der Waals surface area contributed by atoms with Crippen molar-refractivity contribution in [1.29, 1.82) is 0 Å². The molecule has 0 aliphatic rings. The summed E-state index contributed by atoms with van der Waals surface area (Å²) in [5.41, 5.74) is 5.84. The van der Waals surface area contributed by atoms with Crippen LogP contribution in [0.4, 0.5) is 0 Å². The zero-order valence-corrected chi connectivity index (χ0v) is 14.1. The van der Waals surface area contributed by atoms with Crippen molar-refractivity contribution in [2.24, 2.45) is 5.73 Å². The monoisotopic (exact) mass is 343 g/mol. The van der Waals surface area contributed by atoms with Gasteiger partial charge in [-0.25, -0.2) is 9.50 Å². The maximum Gasteiger partial charge on any atom is 0.254 e. The third-order valence-electron chi connectivity index (χ3n) is 3.67. The lowest BCUT2D eigenvalue weighted by Crippen LogP contribution is -2.43. The van der Waals surface area contributed by atoms with Crippen LogP contribution in [0.15, 0.2) is 41.6 Å². The lowest BCUT2D eigenvalue weighted by molar-refractivity contribution is -0.134. The molecule has 7 nitrogen and oxygen atoms in total. The Kier molecular flexibility index (Phi) is 4.25. The Morgan fingerprint density at radius 3 is 2.67 bits per heavy atom. The number of aliphatic hydroxyl groups is 1. The minimum absolute atomic E-state index is 0.0151. The fourth-order valence-corrected chi connectivity index (χ4v) is 3.32. The summed E-state index contributed by atoms with van der Waals surface area (Å²) in [7, 11) is 0. The van der Waals surface area contributed by atoms with E-state index in [-0.39, 0.29) is 5.75 Å². The maximum absolute atomic E-state index is 11.8. The van der Waals surface area contributed by atoms with Gasteiger partial charge in [-0.15, -0.1) is 5.10 Å². The van der Waals surface area contributed by atoms with Crippen molar-refractivity contribution < 1.29 is 9.90 Å². The van der Waals surface area contributed by atoms with Gasteiger partial charge in [0.2, 0.25) is 5.16 Å². The molecular weight excluding hydrogens is 326 g/mol. The van der Waals surface area contributed by atoms with Crippen molar-refractivity contribution in [2.75, 3.05) is 5.75 Å². The van der Waals surface area contributed by atoms with Crippen molar-refractivity contribution in [1.82, 2.24) is 19.6 Å². The summed E-state index contributed by atoms with van der Waals surface area (Å²) in [5, 5.41) is 15.5. The highest BCUT2D eigenvalue weighted by Crippen LogP contribution is 2.28. The first kappa shape index (κ1) is 16.4. The molecule has 3 aromatic rings. The second-order valence-electron chi connectivity index (χ2n) is 5.52. The topological polar surface area (TPSA) is 106 Å². The first-order chi connectivity index (χ1) is 11.4. The summed E-state index contributed by atoms with van der Waals surface area (Å²) < 4.78 is 1.63. The zero-order chi connectivity index (χ0) is 17.3. The second-order valence-corrected chi connectivity index (χ2v) is 6.47. The Hall–Kier alpha value is -2.45. The van der Waals surface area contributed by atoms with E-state index in [1.165, 1.54) is 0 Å². The molecule has 0 radical (unpaired) electrons. The summed E-state index contributed by atoms with van der Waals surface area (Å²) in [6, 6.07) is 10.5. The van der Waals surface area contributed by atoms with Crippen LogP contribution in [-0.4, -0.2) is 36.3 Å². The highest BCUT2D eigenvalue weighted by molar-refractivity contribution is 7.99. The molecule has 124 valence electrons. The van der Waals surface area contributed by atoms with E-state index in [2.05, 4.69) is 15.1 Å². The number of primary amides is 1. The van der Waals surface area contributed by atoms with Crippen LogP contribution in [0, 0.1) is 13.8 Å². The molecule has 3 rings (SSSR count). The van der Waals surface area contributed by atoms with Crippen LogP contribution in [0.1, 0.15) is 17.0 Å². The number of aromatic nitrogens is 4. The van der Waals surface area contributed by atoms with Crippen molar-refractivity contribution in [3.05, 3.63) is 53.3 Å². The number of hydrogen-bond acceptors (Lipinski definition) is 6. The number of thioether (sulfide) groups is 1. The first-order valence-electron chi connectivity index (χ1n) is 7.32. The van der Waals surface area contributed by atoms with E-state index in [0.29, 0.717) is 16.5 Å². The van der Waals surface area contributed by atoms with Gasteiger partial charge in [-0.2, -0.15) is 4.98 Å². The number of carbonyl (C=O) groups excluding carboxylic acids is 1. The molecular formula is C16H17N5O2S. The quantitative estimate of drug-likeness (QED) is 0.674. The standard InChI is InChI=1S/C16H17N5O2S/c1-10-8-11(2)21-14(18-10)19-15(20-21)24-9-16(23,13(17)22)12-6-4-3-5-7-12/h3-8,23H,9H2,1-2H3,(H2,17,22)/t16-/m1/s1. The largest absolute Gasteiger partial charge is 0.375 e. The fourth-order valence-electron chi connectivity index (χ4n) is 2.39. The maximum atomic E-state index is 11.8. The fraction of sp³-hybridized carbons (Fsp3) is 0.250. The van der Waals surface area contributed by atoms with Crippen LogP contribution >= 0.6 is 11.8 Å². The van der Waals surface area contributed by atoms with Crippen LogP contribution in [-0.2, 0) is 10.4 Å². The van der Waals surface area contributed by atoms with Crippen LogP contribution in [0.2, 0.25) is 0 Å². The van der Waals surface area contributed by atoms with Crippen LogP contribution < -0.4 is 5.73 Å². The highest BCUT2D eigenvalue weighted by atomic mass is 32.2. The highest BCUT2D eigenvalue weighted by Gasteiger charge is 2.36. The number of benzene rings is 1. The first-order valence-corrected chi connectivity index (χ1v) is 8.30. The second kappa shape index (κ2) is 6.21. The summed E-state index contributed by atoms with van der Waals surface area (Å²) in [6.07, 6.45) is 0.